The summed E-state index contributed by atoms with van der Waals surface area (Å²) in [4.78, 5) is 0. The van der Waals surface area contributed by atoms with Gasteiger partial charge in [0.05, 0.1) is 12.7 Å². The van der Waals surface area contributed by atoms with Crippen LogP contribution in [0.1, 0.15) is 0 Å². The average molecular weight is 310 g/mol. The zero-order valence-electron chi connectivity index (χ0n) is 10.2. The summed E-state index contributed by atoms with van der Waals surface area (Å²) in [6, 6.07) is 12.2. The number of benzene rings is 2. The van der Waals surface area contributed by atoms with E-state index in [0.29, 0.717) is 13.2 Å². The third-order valence-corrected chi connectivity index (χ3v) is 3.45. The standard InChI is InChI=1S/C14H16BrNO2/c1-18-9-10(17)8-16-14-7-6-13(15)11-4-2-3-5-12(11)14/h2-7,10,16-17H,8-9H2,1H3. The molecule has 2 aromatic rings. The summed E-state index contributed by atoms with van der Waals surface area (Å²) in [5.74, 6) is 0. The molecule has 2 N–H and O–H groups in total. The molecule has 3 nitrogen and oxygen atoms in total. The summed E-state index contributed by atoms with van der Waals surface area (Å²) >= 11 is 3.54. The van der Waals surface area contributed by atoms with Crippen LogP contribution in [0.25, 0.3) is 10.8 Å². The lowest BCUT2D eigenvalue weighted by atomic mass is 10.1. The summed E-state index contributed by atoms with van der Waals surface area (Å²) in [7, 11) is 1.58. The van der Waals surface area contributed by atoms with E-state index in [-0.39, 0.29) is 0 Å². The number of rotatable bonds is 5. The summed E-state index contributed by atoms with van der Waals surface area (Å²) in [6.07, 6.45) is -0.502. The molecule has 0 aliphatic heterocycles. The summed E-state index contributed by atoms with van der Waals surface area (Å²) in [6.45, 7) is 0.806. The number of fused-ring (bicyclic) bond motifs is 1. The largest absolute Gasteiger partial charge is 0.389 e. The molecule has 0 aliphatic carbocycles. The van der Waals surface area contributed by atoms with Gasteiger partial charge < -0.3 is 15.2 Å². The Bertz CT molecular complexity index is 530. The Morgan fingerprint density at radius 3 is 2.67 bits per heavy atom. The molecule has 0 amide bonds. The second-order valence-electron chi connectivity index (χ2n) is 4.13. The minimum atomic E-state index is -0.502. The molecule has 1 unspecified atom stereocenters. The van der Waals surface area contributed by atoms with Crippen molar-refractivity contribution in [1.82, 2.24) is 0 Å². The average Bonchev–Trinajstić information content (AvgIpc) is 2.39. The molecule has 0 radical (unpaired) electrons. The van der Waals surface area contributed by atoms with Crippen LogP contribution in [0.4, 0.5) is 5.69 Å². The van der Waals surface area contributed by atoms with Gasteiger partial charge in [0.15, 0.2) is 0 Å². The van der Waals surface area contributed by atoms with E-state index in [9.17, 15) is 5.11 Å². The van der Waals surface area contributed by atoms with E-state index in [1.54, 1.807) is 7.11 Å². The molecule has 0 saturated carbocycles. The van der Waals surface area contributed by atoms with Crippen LogP contribution < -0.4 is 5.32 Å². The molecule has 2 rings (SSSR count). The number of hydrogen-bond donors (Lipinski definition) is 2. The quantitative estimate of drug-likeness (QED) is 0.892. The fraction of sp³-hybridized carbons (Fsp3) is 0.286. The van der Waals surface area contributed by atoms with Gasteiger partial charge in [-0.3, -0.25) is 0 Å². The smallest absolute Gasteiger partial charge is 0.0945 e. The van der Waals surface area contributed by atoms with Crippen LogP contribution in [-0.2, 0) is 4.74 Å². The number of ether oxygens (including phenoxy) is 1. The van der Waals surface area contributed by atoms with Crippen molar-refractivity contribution in [2.45, 2.75) is 6.10 Å². The molecular formula is C14H16BrNO2. The van der Waals surface area contributed by atoms with E-state index in [2.05, 4.69) is 33.4 Å². The maximum absolute atomic E-state index is 9.64. The van der Waals surface area contributed by atoms with Crippen molar-refractivity contribution in [1.29, 1.82) is 0 Å². The number of aliphatic hydroxyl groups is 1. The zero-order chi connectivity index (χ0) is 13.0. The second-order valence-corrected chi connectivity index (χ2v) is 4.98. The molecule has 1 atom stereocenters. The van der Waals surface area contributed by atoms with Crippen LogP contribution in [0.15, 0.2) is 40.9 Å². The number of methoxy groups -OCH3 is 1. The van der Waals surface area contributed by atoms with Gasteiger partial charge >= 0.3 is 0 Å². The van der Waals surface area contributed by atoms with Gasteiger partial charge in [-0.25, -0.2) is 0 Å². The predicted molar refractivity (Wildman–Crippen MR) is 78.0 cm³/mol. The lowest BCUT2D eigenvalue weighted by molar-refractivity contribution is 0.0728. The highest BCUT2D eigenvalue weighted by Gasteiger charge is 2.06. The Labute approximate surface area is 115 Å². The third-order valence-electron chi connectivity index (χ3n) is 2.76. The van der Waals surface area contributed by atoms with Crippen LogP contribution in [0, 0.1) is 0 Å². The molecule has 0 fully saturated rings. The summed E-state index contributed by atoms with van der Waals surface area (Å²) in [5.41, 5.74) is 1.02. The Morgan fingerprint density at radius 1 is 1.22 bits per heavy atom. The van der Waals surface area contributed by atoms with Crippen LogP contribution in [0.2, 0.25) is 0 Å². The van der Waals surface area contributed by atoms with E-state index in [4.69, 9.17) is 4.74 Å². The van der Waals surface area contributed by atoms with Crippen molar-refractivity contribution in [3.05, 3.63) is 40.9 Å². The molecule has 0 aromatic heterocycles. The Kier molecular flexibility index (Phi) is 4.58. The van der Waals surface area contributed by atoms with E-state index in [0.717, 1.165) is 20.9 Å². The van der Waals surface area contributed by atoms with Crippen LogP contribution >= 0.6 is 15.9 Å². The van der Waals surface area contributed by atoms with Gasteiger partial charge in [-0.2, -0.15) is 0 Å². The normalized spacial score (nSPS) is 12.6. The molecule has 0 aliphatic rings. The van der Waals surface area contributed by atoms with Crippen molar-refractivity contribution in [3.63, 3.8) is 0 Å². The lowest BCUT2D eigenvalue weighted by Gasteiger charge is -2.14. The predicted octanol–water partition coefficient (Wildman–Crippen LogP) is 3.02. The van der Waals surface area contributed by atoms with E-state index in [1.807, 2.05) is 24.3 Å². The van der Waals surface area contributed by atoms with Gasteiger partial charge in [-0.1, -0.05) is 40.2 Å². The van der Waals surface area contributed by atoms with Crippen LogP contribution in [0.3, 0.4) is 0 Å². The fourth-order valence-corrected chi connectivity index (χ4v) is 2.37. The highest BCUT2D eigenvalue weighted by Crippen LogP contribution is 2.29. The van der Waals surface area contributed by atoms with Crippen LogP contribution in [0.5, 0.6) is 0 Å². The summed E-state index contributed by atoms with van der Waals surface area (Å²) < 4.78 is 5.97. The number of anilines is 1. The molecule has 0 bridgehead atoms. The zero-order valence-corrected chi connectivity index (χ0v) is 11.8. The van der Waals surface area contributed by atoms with Gasteiger partial charge in [0.1, 0.15) is 0 Å². The van der Waals surface area contributed by atoms with Crippen molar-refractivity contribution >= 4 is 32.4 Å². The van der Waals surface area contributed by atoms with E-state index >= 15 is 0 Å². The van der Waals surface area contributed by atoms with Crippen LogP contribution in [-0.4, -0.2) is 31.5 Å². The van der Waals surface area contributed by atoms with Crippen molar-refractivity contribution in [2.75, 3.05) is 25.6 Å². The second kappa shape index (κ2) is 6.18. The highest BCUT2D eigenvalue weighted by molar-refractivity contribution is 9.10. The molecule has 0 saturated heterocycles. The molecule has 4 heteroatoms. The topological polar surface area (TPSA) is 41.5 Å². The highest BCUT2D eigenvalue weighted by atomic mass is 79.9. The van der Waals surface area contributed by atoms with Gasteiger partial charge in [0.25, 0.3) is 0 Å². The first-order chi connectivity index (χ1) is 8.72. The van der Waals surface area contributed by atoms with Gasteiger partial charge in [-0.15, -0.1) is 0 Å². The Morgan fingerprint density at radius 2 is 1.94 bits per heavy atom. The fourth-order valence-electron chi connectivity index (χ4n) is 1.90. The van der Waals surface area contributed by atoms with Gasteiger partial charge in [0, 0.05) is 29.2 Å². The molecular weight excluding hydrogens is 294 g/mol. The van der Waals surface area contributed by atoms with E-state index < -0.39 is 6.10 Å². The number of nitrogens with one attached hydrogen (secondary N) is 1. The molecule has 0 spiro atoms. The summed E-state index contributed by atoms with van der Waals surface area (Å²) in [5, 5.41) is 15.2. The van der Waals surface area contributed by atoms with Gasteiger partial charge in [0.2, 0.25) is 0 Å². The number of aliphatic hydroxyl groups excluding tert-OH is 1. The SMILES string of the molecule is COCC(O)CNc1ccc(Br)c2ccccc12. The first kappa shape index (κ1) is 13.3. The van der Waals surface area contributed by atoms with E-state index in [1.165, 1.54) is 0 Å². The molecule has 0 heterocycles. The minimum Gasteiger partial charge on any atom is -0.389 e. The molecule has 18 heavy (non-hydrogen) atoms. The Hall–Kier alpha value is -1.10. The first-order valence-electron chi connectivity index (χ1n) is 5.80. The first-order valence-corrected chi connectivity index (χ1v) is 6.60. The molecule has 96 valence electrons. The third kappa shape index (κ3) is 3.02. The maximum Gasteiger partial charge on any atom is 0.0945 e. The maximum atomic E-state index is 9.64. The van der Waals surface area contributed by atoms with Crippen molar-refractivity contribution in [2.24, 2.45) is 0 Å². The lowest BCUT2D eigenvalue weighted by Crippen LogP contribution is -2.24. The number of halogens is 1. The van der Waals surface area contributed by atoms with Crippen molar-refractivity contribution in [3.8, 4) is 0 Å². The minimum absolute atomic E-state index is 0.335. The molecule has 2 aromatic carbocycles. The van der Waals surface area contributed by atoms with Gasteiger partial charge in [-0.05, 0) is 17.5 Å². The number of hydrogen-bond acceptors (Lipinski definition) is 3. The van der Waals surface area contributed by atoms with Crippen molar-refractivity contribution < 1.29 is 9.84 Å². The Balaban J connectivity index is 2.21. The monoisotopic (exact) mass is 309 g/mol.